The second-order valence-corrected chi connectivity index (χ2v) is 5.90. The Balaban J connectivity index is 1.92. The van der Waals surface area contributed by atoms with Crippen LogP contribution in [0.2, 0.25) is 0 Å². The lowest BCUT2D eigenvalue weighted by Crippen LogP contribution is -2.35. The lowest BCUT2D eigenvalue weighted by atomic mass is 10.1. The fraction of sp³-hybridized carbons (Fsp3) is 0.286. The second-order valence-electron chi connectivity index (χ2n) is 4.75. The summed E-state index contributed by atoms with van der Waals surface area (Å²) in [5.41, 5.74) is 4.50. The maximum absolute atomic E-state index is 12.3. The van der Waals surface area contributed by atoms with Crippen LogP contribution in [-0.4, -0.2) is 28.4 Å². The van der Waals surface area contributed by atoms with Gasteiger partial charge >= 0.3 is 0 Å². The summed E-state index contributed by atoms with van der Waals surface area (Å²) in [4.78, 5) is 16.7. The first-order chi connectivity index (χ1) is 9.78. The molecule has 0 aliphatic carbocycles. The number of thioether (sulfide) groups is 1. The monoisotopic (exact) mass is 288 g/mol. The van der Waals surface area contributed by atoms with Gasteiger partial charge in [-0.05, 0) is 24.3 Å². The second kappa shape index (κ2) is 5.68. The molecule has 1 aliphatic heterocycles. The van der Waals surface area contributed by atoms with Crippen molar-refractivity contribution in [3.63, 3.8) is 0 Å². The quantitative estimate of drug-likeness (QED) is 0.592. The molecule has 20 heavy (non-hydrogen) atoms. The number of rotatable bonds is 3. The number of benzene rings is 1. The van der Waals surface area contributed by atoms with E-state index in [-0.39, 0.29) is 11.9 Å². The van der Waals surface area contributed by atoms with Crippen molar-refractivity contribution in [2.24, 2.45) is 5.84 Å². The molecular formula is C14H16N4OS. The number of hydrogen-bond acceptors (Lipinski definition) is 5. The van der Waals surface area contributed by atoms with Gasteiger partial charge in [0.25, 0.3) is 5.91 Å². The van der Waals surface area contributed by atoms with E-state index in [1.165, 1.54) is 0 Å². The highest BCUT2D eigenvalue weighted by molar-refractivity contribution is 7.99. The molecule has 3 rings (SSSR count). The molecule has 1 aliphatic rings. The van der Waals surface area contributed by atoms with Crippen LogP contribution in [0.25, 0.3) is 10.9 Å². The Hall–Kier alpha value is -1.79. The summed E-state index contributed by atoms with van der Waals surface area (Å²) in [6, 6.07) is 9.55. The zero-order valence-corrected chi connectivity index (χ0v) is 11.7. The predicted octanol–water partition coefficient (Wildman–Crippen LogP) is 1.76. The summed E-state index contributed by atoms with van der Waals surface area (Å²) in [7, 11) is 0. The number of nitrogens with one attached hydrogen (secondary N) is 2. The van der Waals surface area contributed by atoms with E-state index in [0.717, 1.165) is 28.8 Å². The fourth-order valence-electron chi connectivity index (χ4n) is 2.32. The van der Waals surface area contributed by atoms with Crippen molar-refractivity contribution in [2.75, 3.05) is 16.9 Å². The first-order valence-corrected chi connectivity index (χ1v) is 7.68. The number of nitrogens with two attached hydrogens (primary N) is 1. The molecule has 4 N–H and O–H groups in total. The number of aromatic nitrogens is 1. The Morgan fingerprint density at radius 2 is 2.25 bits per heavy atom. The fourth-order valence-corrected chi connectivity index (χ4v) is 3.47. The Morgan fingerprint density at radius 3 is 3.00 bits per heavy atom. The van der Waals surface area contributed by atoms with Crippen molar-refractivity contribution in [3.05, 3.63) is 36.0 Å². The average Bonchev–Trinajstić information content (AvgIpc) is 2.99. The van der Waals surface area contributed by atoms with E-state index in [1.54, 1.807) is 6.07 Å². The van der Waals surface area contributed by atoms with E-state index in [2.05, 4.69) is 15.7 Å². The average molecular weight is 288 g/mol. The van der Waals surface area contributed by atoms with Gasteiger partial charge in [-0.25, -0.2) is 4.98 Å². The summed E-state index contributed by atoms with van der Waals surface area (Å²) in [5, 5.41) is 3.93. The number of amides is 1. The first kappa shape index (κ1) is 13.2. The normalized spacial score (nSPS) is 18.1. The minimum atomic E-state index is -0.139. The van der Waals surface area contributed by atoms with E-state index < -0.39 is 0 Å². The molecule has 5 nitrogen and oxygen atoms in total. The van der Waals surface area contributed by atoms with Crippen LogP contribution in [0.3, 0.4) is 0 Å². The van der Waals surface area contributed by atoms with Gasteiger partial charge in [0.2, 0.25) is 0 Å². The van der Waals surface area contributed by atoms with Gasteiger partial charge in [0.1, 0.15) is 5.69 Å². The highest BCUT2D eigenvalue weighted by Crippen LogP contribution is 2.23. The van der Waals surface area contributed by atoms with Gasteiger partial charge in [-0.15, -0.1) is 0 Å². The van der Waals surface area contributed by atoms with Gasteiger partial charge in [-0.2, -0.15) is 11.8 Å². The number of hydrogen-bond donors (Lipinski definition) is 3. The highest BCUT2D eigenvalue weighted by atomic mass is 32.2. The molecular weight excluding hydrogens is 272 g/mol. The molecule has 1 unspecified atom stereocenters. The lowest BCUT2D eigenvalue weighted by Gasteiger charge is -2.12. The molecule has 6 heteroatoms. The van der Waals surface area contributed by atoms with Crippen LogP contribution < -0.4 is 16.6 Å². The van der Waals surface area contributed by atoms with Crippen molar-refractivity contribution in [1.29, 1.82) is 0 Å². The number of hydrazine groups is 1. The molecule has 1 saturated heterocycles. The predicted molar refractivity (Wildman–Crippen MR) is 82.7 cm³/mol. The summed E-state index contributed by atoms with van der Waals surface area (Å²) >= 11 is 1.86. The molecule has 1 amide bonds. The minimum Gasteiger partial charge on any atom is -0.347 e. The Labute approximate surface area is 121 Å². The van der Waals surface area contributed by atoms with Gasteiger partial charge < -0.3 is 10.7 Å². The molecule has 0 spiro atoms. The molecule has 1 aromatic heterocycles. The smallest absolute Gasteiger partial charge is 0.270 e. The van der Waals surface area contributed by atoms with E-state index in [1.807, 2.05) is 36.0 Å². The number of anilines is 1. The molecule has 1 atom stereocenters. The van der Waals surface area contributed by atoms with Crippen molar-refractivity contribution in [1.82, 2.24) is 10.3 Å². The van der Waals surface area contributed by atoms with Crippen molar-refractivity contribution in [3.8, 4) is 0 Å². The largest absolute Gasteiger partial charge is 0.347 e. The van der Waals surface area contributed by atoms with Gasteiger partial charge in [0, 0.05) is 17.2 Å². The Bertz CT molecular complexity index is 640. The summed E-state index contributed by atoms with van der Waals surface area (Å²) < 4.78 is 0. The Morgan fingerprint density at radius 1 is 1.40 bits per heavy atom. The van der Waals surface area contributed by atoms with Gasteiger partial charge in [-0.3, -0.25) is 10.6 Å². The van der Waals surface area contributed by atoms with Crippen molar-refractivity contribution < 1.29 is 4.79 Å². The van der Waals surface area contributed by atoms with Crippen LogP contribution in [0.4, 0.5) is 5.69 Å². The standard InChI is InChI=1S/C14H16N4OS/c15-18-12-7-13(14(19)16-9-5-6-20-8-9)17-11-4-2-1-3-10(11)12/h1-4,7,9H,5-6,8,15H2,(H,16,19)(H,17,18). The number of carbonyl (C=O) groups excluding carboxylic acids is 1. The molecule has 1 aromatic carbocycles. The van der Waals surface area contributed by atoms with Gasteiger partial charge in [0.05, 0.1) is 11.2 Å². The topological polar surface area (TPSA) is 80.0 Å². The molecule has 2 aromatic rings. The maximum Gasteiger partial charge on any atom is 0.270 e. The SMILES string of the molecule is NNc1cc(C(=O)NC2CCSC2)nc2ccccc12. The number of nitrogens with zero attached hydrogens (tertiary/aromatic N) is 1. The zero-order valence-electron chi connectivity index (χ0n) is 10.9. The molecule has 1 fully saturated rings. The number of pyridine rings is 1. The summed E-state index contributed by atoms with van der Waals surface area (Å²) in [5.74, 6) is 7.47. The van der Waals surface area contributed by atoms with Crippen LogP contribution in [-0.2, 0) is 0 Å². The number of carbonyl (C=O) groups is 1. The zero-order chi connectivity index (χ0) is 13.9. The van der Waals surface area contributed by atoms with E-state index in [4.69, 9.17) is 5.84 Å². The van der Waals surface area contributed by atoms with Crippen molar-refractivity contribution >= 4 is 34.3 Å². The molecule has 0 saturated carbocycles. The van der Waals surface area contributed by atoms with E-state index >= 15 is 0 Å². The third-order valence-electron chi connectivity index (χ3n) is 3.37. The number of nitrogen functional groups attached to an aromatic ring is 1. The molecule has 0 bridgehead atoms. The summed E-state index contributed by atoms with van der Waals surface area (Å²) in [6.45, 7) is 0. The van der Waals surface area contributed by atoms with E-state index in [0.29, 0.717) is 11.4 Å². The minimum absolute atomic E-state index is 0.139. The van der Waals surface area contributed by atoms with Crippen LogP contribution in [0.5, 0.6) is 0 Å². The third kappa shape index (κ3) is 2.57. The molecule has 2 heterocycles. The van der Waals surface area contributed by atoms with Crippen LogP contribution in [0, 0.1) is 0 Å². The van der Waals surface area contributed by atoms with E-state index in [9.17, 15) is 4.79 Å². The maximum atomic E-state index is 12.3. The third-order valence-corrected chi connectivity index (χ3v) is 4.53. The van der Waals surface area contributed by atoms with Crippen molar-refractivity contribution in [2.45, 2.75) is 12.5 Å². The van der Waals surface area contributed by atoms with Crippen LogP contribution >= 0.6 is 11.8 Å². The lowest BCUT2D eigenvalue weighted by molar-refractivity contribution is 0.0936. The Kier molecular flexibility index (Phi) is 3.75. The molecule has 0 radical (unpaired) electrons. The summed E-state index contributed by atoms with van der Waals surface area (Å²) in [6.07, 6.45) is 1.02. The van der Waals surface area contributed by atoms with Crippen LogP contribution in [0.15, 0.2) is 30.3 Å². The first-order valence-electron chi connectivity index (χ1n) is 6.53. The number of para-hydroxylation sites is 1. The van der Waals surface area contributed by atoms with Gasteiger partial charge in [0.15, 0.2) is 0 Å². The van der Waals surface area contributed by atoms with Crippen LogP contribution in [0.1, 0.15) is 16.9 Å². The molecule has 104 valence electrons. The van der Waals surface area contributed by atoms with Gasteiger partial charge in [-0.1, -0.05) is 18.2 Å². The number of fused-ring (bicyclic) bond motifs is 1. The highest BCUT2D eigenvalue weighted by Gasteiger charge is 2.19.